The van der Waals surface area contributed by atoms with Crippen LogP contribution in [0.5, 0.6) is 5.75 Å². The molecule has 1 atom stereocenters. The zero-order valence-electron chi connectivity index (χ0n) is 13.7. The van der Waals surface area contributed by atoms with Gasteiger partial charge in [-0.1, -0.05) is 17.7 Å². The maximum atomic E-state index is 12.9. The van der Waals surface area contributed by atoms with Gasteiger partial charge in [0.2, 0.25) is 0 Å². The van der Waals surface area contributed by atoms with Crippen LogP contribution in [0.4, 0.5) is 10.3 Å². The Morgan fingerprint density at radius 3 is 2.72 bits per heavy atom. The van der Waals surface area contributed by atoms with Crippen LogP contribution in [-0.2, 0) is 4.79 Å². The zero-order chi connectivity index (χ0) is 17.8. The fourth-order valence-electron chi connectivity index (χ4n) is 2.15. The topological polar surface area (TPSA) is 77.2 Å². The molecule has 3 aromatic rings. The summed E-state index contributed by atoms with van der Waals surface area (Å²) in [6, 6.07) is 13.0. The maximum absolute atomic E-state index is 12.9. The molecule has 0 radical (unpaired) electrons. The van der Waals surface area contributed by atoms with E-state index in [1.165, 1.54) is 24.3 Å². The number of anilines is 1. The number of ether oxygens (including phenoxy) is 1. The van der Waals surface area contributed by atoms with Gasteiger partial charge in [-0.3, -0.25) is 10.1 Å². The lowest BCUT2D eigenvalue weighted by Gasteiger charge is -2.13. The Bertz CT molecular complexity index is 877. The van der Waals surface area contributed by atoms with Gasteiger partial charge in [-0.2, -0.15) is 4.98 Å². The third-order valence-corrected chi connectivity index (χ3v) is 3.42. The molecule has 0 aliphatic rings. The van der Waals surface area contributed by atoms with Crippen LogP contribution < -0.4 is 10.1 Å². The molecule has 0 unspecified atom stereocenters. The Hall–Kier alpha value is -3.22. The number of halogens is 1. The average molecular weight is 341 g/mol. The van der Waals surface area contributed by atoms with Crippen molar-refractivity contribution in [2.24, 2.45) is 0 Å². The first-order valence-electron chi connectivity index (χ1n) is 7.65. The predicted molar refractivity (Wildman–Crippen MR) is 89.6 cm³/mol. The molecule has 0 aliphatic heterocycles. The van der Waals surface area contributed by atoms with Gasteiger partial charge in [-0.05, 0) is 55.4 Å². The Kier molecular flexibility index (Phi) is 4.74. The maximum Gasteiger partial charge on any atom is 0.270 e. The molecule has 0 spiro atoms. The van der Waals surface area contributed by atoms with Crippen molar-refractivity contribution in [3.8, 4) is 17.2 Å². The molecule has 0 bridgehead atoms. The lowest BCUT2D eigenvalue weighted by Crippen LogP contribution is -2.30. The minimum Gasteiger partial charge on any atom is -0.481 e. The van der Waals surface area contributed by atoms with Crippen molar-refractivity contribution in [2.45, 2.75) is 20.0 Å². The second kappa shape index (κ2) is 7.12. The third kappa shape index (κ3) is 4.20. The summed E-state index contributed by atoms with van der Waals surface area (Å²) in [5.41, 5.74) is 1.83. The SMILES string of the molecule is Cc1cccc(-c2nc(NC(=O)[C@H](C)Oc3ccc(F)cc3)no2)c1. The molecule has 0 saturated carbocycles. The predicted octanol–water partition coefficient (Wildman–Crippen LogP) is 3.59. The van der Waals surface area contributed by atoms with Gasteiger partial charge in [0.25, 0.3) is 17.7 Å². The Morgan fingerprint density at radius 2 is 2.00 bits per heavy atom. The van der Waals surface area contributed by atoms with E-state index in [1.807, 2.05) is 31.2 Å². The van der Waals surface area contributed by atoms with Gasteiger partial charge in [0.1, 0.15) is 11.6 Å². The van der Waals surface area contributed by atoms with E-state index in [0.29, 0.717) is 11.6 Å². The molecule has 1 amide bonds. The van der Waals surface area contributed by atoms with Crippen molar-refractivity contribution in [1.29, 1.82) is 0 Å². The molecule has 128 valence electrons. The number of hydrogen-bond acceptors (Lipinski definition) is 5. The highest BCUT2D eigenvalue weighted by Crippen LogP contribution is 2.20. The number of aryl methyl sites for hydroxylation is 1. The molecule has 0 aliphatic carbocycles. The van der Waals surface area contributed by atoms with Crippen LogP contribution >= 0.6 is 0 Å². The van der Waals surface area contributed by atoms with Crippen LogP contribution in [0.15, 0.2) is 53.1 Å². The highest BCUT2D eigenvalue weighted by molar-refractivity contribution is 5.92. The molecule has 7 heteroatoms. The fraction of sp³-hybridized carbons (Fsp3) is 0.167. The highest BCUT2D eigenvalue weighted by Gasteiger charge is 2.18. The summed E-state index contributed by atoms with van der Waals surface area (Å²) in [6.45, 7) is 3.53. The largest absolute Gasteiger partial charge is 0.481 e. The number of hydrogen-bond donors (Lipinski definition) is 1. The normalized spacial score (nSPS) is 11.8. The number of carbonyl (C=O) groups excluding carboxylic acids is 1. The summed E-state index contributed by atoms with van der Waals surface area (Å²) in [4.78, 5) is 16.3. The second-order valence-electron chi connectivity index (χ2n) is 5.50. The number of rotatable bonds is 5. The number of carbonyl (C=O) groups is 1. The lowest BCUT2D eigenvalue weighted by atomic mass is 10.1. The lowest BCUT2D eigenvalue weighted by molar-refractivity contribution is -0.122. The van der Waals surface area contributed by atoms with Crippen LogP contribution in [0.2, 0.25) is 0 Å². The van der Waals surface area contributed by atoms with E-state index in [-0.39, 0.29) is 11.8 Å². The van der Waals surface area contributed by atoms with Crippen molar-refractivity contribution in [3.63, 3.8) is 0 Å². The van der Waals surface area contributed by atoms with Crippen molar-refractivity contribution in [2.75, 3.05) is 5.32 Å². The van der Waals surface area contributed by atoms with Crippen molar-refractivity contribution >= 4 is 11.9 Å². The third-order valence-electron chi connectivity index (χ3n) is 3.42. The molecular formula is C18H16FN3O3. The van der Waals surface area contributed by atoms with E-state index in [4.69, 9.17) is 9.26 Å². The first-order chi connectivity index (χ1) is 12.0. The molecule has 1 aromatic heterocycles. The quantitative estimate of drug-likeness (QED) is 0.767. The first-order valence-corrected chi connectivity index (χ1v) is 7.65. The molecule has 1 heterocycles. The van der Waals surface area contributed by atoms with Gasteiger partial charge in [-0.25, -0.2) is 4.39 Å². The van der Waals surface area contributed by atoms with E-state index in [9.17, 15) is 9.18 Å². The van der Waals surface area contributed by atoms with Crippen LogP contribution in [0.25, 0.3) is 11.5 Å². The monoisotopic (exact) mass is 341 g/mol. The summed E-state index contributed by atoms with van der Waals surface area (Å²) >= 11 is 0. The Balaban J connectivity index is 1.64. The van der Waals surface area contributed by atoms with E-state index in [0.717, 1.165) is 11.1 Å². The minimum absolute atomic E-state index is 0.0519. The highest BCUT2D eigenvalue weighted by atomic mass is 19.1. The second-order valence-corrected chi connectivity index (χ2v) is 5.50. The average Bonchev–Trinajstić information content (AvgIpc) is 3.05. The Morgan fingerprint density at radius 1 is 1.24 bits per heavy atom. The molecular weight excluding hydrogens is 325 g/mol. The fourth-order valence-corrected chi connectivity index (χ4v) is 2.15. The van der Waals surface area contributed by atoms with E-state index >= 15 is 0 Å². The van der Waals surface area contributed by atoms with E-state index in [2.05, 4.69) is 15.5 Å². The molecule has 2 aromatic carbocycles. The first kappa shape index (κ1) is 16.6. The van der Waals surface area contributed by atoms with Gasteiger partial charge in [0.15, 0.2) is 6.10 Å². The van der Waals surface area contributed by atoms with Gasteiger partial charge >= 0.3 is 0 Å². The number of aromatic nitrogens is 2. The molecule has 0 fully saturated rings. The minimum atomic E-state index is -0.814. The molecule has 1 N–H and O–H groups in total. The summed E-state index contributed by atoms with van der Waals surface area (Å²) in [7, 11) is 0. The standard InChI is InChI=1S/C18H16FN3O3/c1-11-4-3-5-13(10-11)17-21-18(22-25-17)20-16(23)12(2)24-15-8-6-14(19)7-9-15/h3-10,12H,1-2H3,(H,20,22,23)/t12-/m0/s1. The summed E-state index contributed by atoms with van der Waals surface area (Å²) < 4.78 is 23.5. The summed E-state index contributed by atoms with van der Waals surface area (Å²) in [6.07, 6.45) is -0.814. The molecule has 3 rings (SSSR count). The smallest absolute Gasteiger partial charge is 0.270 e. The summed E-state index contributed by atoms with van der Waals surface area (Å²) in [5, 5.41) is 6.26. The number of benzene rings is 2. The van der Waals surface area contributed by atoms with Gasteiger partial charge < -0.3 is 9.26 Å². The number of nitrogens with zero attached hydrogens (tertiary/aromatic N) is 2. The zero-order valence-corrected chi connectivity index (χ0v) is 13.7. The molecule has 25 heavy (non-hydrogen) atoms. The van der Waals surface area contributed by atoms with Crippen molar-refractivity contribution < 1.29 is 18.4 Å². The van der Waals surface area contributed by atoms with Gasteiger partial charge in [-0.15, -0.1) is 0 Å². The number of amides is 1. The van der Waals surface area contributed by atoms with Crippen LogP contribution in [-0.4, -0.2) is 22.2 Å². The van der Waals surface area contributed by atoms with E-state index in [1.54, 1.807) is 6.92 Å². The molecule has 0 saturated heterocycles. The van der Waals surface area contributed by atoms with Gasteiger partial charge in [0, 0.05) is 5.56 Å². The van der Waals surface area contributed by atoms with Crippen molar-refractivity contribution in [1.82, 2.24) is 10.1 Å². The van der Waals surface area contributed by atoms with Gasteiger partial charge in [0.05, 0.1) is 0 Å². The van der Waals surface area contributed by atoms with Crippen molar-refractivity contribution in [3.05, 3.63) is 59.9 Å². The number of nitrogens with one attached hydrogen (secondary N) is 1. The molecule has 6 nitrogen and oxygen atoms in total. The Labute approximate surface area is 143 Å². The van der Waals surface area contributed by atoms with E-state index < -0.39 is 12.0 Å². The van der Waals surface area contributed by atoms with Crippen LogP contribution in [0.1, 0.15) is 12.5 Å². The van der Waals surface area contributed by atoms with Crippen LogP contribution in [0, 0.1) is 12.7 Å². The van der Waals surface area contributed by atoms with Crippen LogP contribution in [0.3, 0.4) is 0 Å². The summed E-state index contributed by atoms with van der Waals surface area (Å²) in [5.74, 6) is -0.0689.